The van der Waals surface area contributed by atoms with Crippen molar-refractivity contribution in [1.82, 2.24) is 9.80 Å². The summed E-state index contributed by atoms with van der Waals surface area (Å²) < 4.78 is 5.51. The van der Waals surface area contributed by atoms with Crippen LogP contribution in [-0.2, 0) is 4.74 Å². The molecule has 0 spiro atoms. The molecule has 2 rings (SSSR count). The van der Waals surface area contributed by atoms with Gasteiger partial charge in [0.2, 0.25) is 0 Å². The lowest BCUT2D eigenvalue weighted by atomic mass is 9.97. The Labute approximate surface area is 144 Å². The van der Waals surface area contributed by atoms with Crippen LogP contribution in [0.2, 0.25) is 0 Å². The second kappa shape index (κ2) is 7.67. The lowest BCUT2D eigenvalue weighted by Crippen LogP contribution is -2.45. The molecule has 130 valence electrons. The van der Waals surface area contributed by atoms with E-state index in [2.05, 4.69) is 36.4 Å². The average Bonchev–Trinajstić information content (AvgIpc) is 2.99. The Morgan fingerprint density at radius 3 is 2.87 bits per heavy atom. The molecule has 0 bridgehead atoms. The van der Waals surface area contributed by atoms with Gasteiger partial charge in [-0.3, -0.25) is 4.90 Å². The normalized spacial score (nSPS) is 20.6. The van der Waals surface area contributed by atoms with Gasteiger partial charge in [-0.15, -0.1) is 11.3 Å². The van der Waals surface area contributed by atoms with E-state index in [9.17, 15) is 4.79 Å². The van der Waals surface area contributed by atoms with Crippen LogP contribution in [0.25, 0.3) is 0 Å². The Kier molecular flexibility index (Phi) is 6.09. The van der Waals surface area contributed by atoms with Gasteiger partial charge >= 0.3 is 6.09 Å². The molecule has 1 aliphatic heterocycles. The molecule has 4 nitrogen and oxygen atoms in total. The van der Waals surface area contributed by atoms with Crippen LogP contribution < -0.4 is 0 Å². The number of hydrogen-bond acceptors (Lipinski definition) is 4. The van der Waals surface area contributed by atoms with Crippen molar-refractivity contribution >= 4 is 17.4 Å². The summed E-state index contributed by atoms with van der Waals surface area (Å²) in [5.74, 6) is 0.517. The standard InChI is InChI=1S/C18H30N2O2S/c1-14(16-9-7-11-23-16)19(5)12-15-8-6-10-20(13-15)17(21)22-18(2,3)4/h7,9,11,14-15H,6,8,10,12-13H2,1-5H3/t14-,15+/m1/s1. The molecular formula is C18H30N2O2S. The second-order valence-electron chi connectivity index (χ2n) is 7.57. The van der Waals surface area contributed by atoms with Crippen LogP contribution in [0.4, 0.5) is 4.79 Å². The first-order valence-electron chi connectivity index (χ1n) is 8.48. The molecule has 1 fully saturated rings. The highest BCUT2D eigenvalue weighted by Gasteiger charge is 2.28. The number of carbonyl (C=O) groups is 1. The molecule has 0 aromatic carbocycles. The van der Waals surface area contributed by atoms with Crippen molar-refractivity contribution in [3.05, 3.63) is 22.4 Å². The highest BCUT2D eigenvalue weighted by molar-refractivity contribution is 7.10. The third-order valence-corrected chi connectivity index (χ3v) is 5.38. The summed E-state index contributed by atoms with van der Waals surface area (Å²) in [4.78, 5) is 17.9. The number of rotatable bonds is 4. The predicted molar refractivity (Wildman–Crippen MR) is 95.9 cm³/mol. The zero-order valence-corrected chi connectivity index (χ0v) is 15.9. The summed E-state index contributed by atoms with van der Waals surface area (Å²) in [5.41, 5.74) is -0.422. The quantitative estimate of drug-likeness (QED) is 0.816. The fourth-order valence-corrected chi connectivity index (χ4v) is 3.87. The van der Waals surface area contributed by atoms with Crippen LogP contribution in [0.3, 0.4) is 0 Å². The Morgan fingerprint density at radius 2 is 2.26 bits per heavy atom. The minimum Gasteiger partial charge on any atom is -0.444 e. The number of amides is 1. The van der Waals surface area contributed by atoms with Crippen LogP contribution in [0.15, 0.2) is 17.5 Å². The number of hydrogen-bond donors (Lipinski definition) is 0. The first-order chi connectivity index (χ1) is 10.8. The summed E-state index contributed by atoms with van der Waals surface area (Å²) in [5, 5.41) is 2.13. The van der Waals surface area contributed by atoms with Crippen molar-refractivity contribution in [2.45, 2.75) is 52.2 Å². The molecule has 2 atom stereocenters. The molecule has 0 N–H and O–H groups in total. The molecular weight excluding hydrogens is 308 g/mol. The van der Waals surface area contributed by atoms with Crippen molar-refractivity contribution in [1.29, 1.82) is 0 Å². The first kappa shape index (κ1) is 18.3. The second-order valence-corrected chi connectivity index (χ2v) is 8.54. The van der Waals surface area contributed by atoms with Gasteiger partial charge in [-0.25, -0.2) is 4.79 Å². The van der Waals surface area contributed by atoms with Gasteiger partial charge in [-0.1, -0.05) is 6.07 Å². The SMILES string of the molecule is C[C@H](c1cccs1)N(C)C[C@@H]1CCCN(C(=O)OC(C)(C)C)C1. The smallest absolute Gasteiger partial charge is 0.410 e. The Morgan fingerprint density at radius 1 is 1.52 bits per heavy atom. The highest BCUT2D eigenvalue weighted by Crippen LogP contribution is 2.26. The molecule has 1 aliphatic rings. The van der Waals surface area contributed by atoms with E-state index in [-0.39, 0.29) is 6.09 Å². The van der Waals surface area contributed by atoms with Crippen LogP contribution in [0.5, 0.6) is 0 Å². The minimum absolute atomic E-state index is 0.170. The van der Waals surface area contributed by atoms with Crippen LogP contribution in [0.1, 0.15) is 51.5 Å². The average molecular weight is 339 g/mol. The summed E-state index contributed by atoms with van der Waals surface area (Å²) >= 11 is 1.81. The zero-order valence-electron chi connectivity index (χ0n) is 15.0. The molecule has 2 heterocycles. The fourth-order valence-electron chi connectivity index (χ4n) is 3.02. The van der Waals surface area contributed by atoms with E-state index in [4.69, 9.17) is 4.74 Å². The molecule has 0 saturated carbocycles. The third kappa shape index (κ3) is 5.50. The Balaban J connectivity index is 1.87. The summed E-state index contributed by atoms with van der Waals surface area (Å²) in [7, 11) is 2.18. The summed E-state index contributed by atoms with van der Waals surface area (Å²) in [6.07, 6.45) is 2.07. The van der Waals surface area contributed by atoms with Crippen molar-refractivity contribution in [2.75, 3.05) is 26.7 Å². The first-order valence-corrected chi connectivity index (χ1v) is 9.36. The van der Waals surface area contributed by atoms with Crippen molar-refractivity contribution < 1.29 is 9.53 Å². The van der Waals surface area contributed by atoms with Crippen LogP contribution in [-0.4, -0.2) is 48.2 Å². The molecule has 1 aromatic heterocycles. The van der Waals surface area contributed by atoms with Gasteiger partial charge in [0, 0.05) is 30.6 Å². The molecule has 1 saturated heterocycles. The molecule has 1 aromatic rings. The van der Waals surface area contributed by atoms with E-state index in [0.717, 1.165) is 26.1 Å². The van der Waals surface area contributed by atoms with E-state index in [0.29, 0.717) is 12.0 Å². The Bertz CT molecular complexity index is 496. The number of piperidine rings is 1. The van der Waals surface area contributed by atoms with E-state index in [1.165, 1.54) is 11.3 Å². The lowest BCUT2D eigenvalue weighted by molar-refractivity contribution is 0.0143. The maximum absolute atomic E-state index is 12.3. The summed E-state index contributed by atoms with van der Waals surface area (Å²) in [6, 6.07) is 4.72. The van der Waals surface area contributed by atoms with Gasteiger partial charge < -0.3 is 9.64 Å². The molecule has 0 radical (unpaired) electrons. The van der Waals surface area contributed by atoms with Crippen molar-refractivity contribution in [2.24, 2.45) is 5.92 Å². The molecule has 5 heteroatoms. The maximum atomic E-state index is 12.3. The van der Waals surface area contributed by atoms with Gasteiger partial charge in [-0.05, 0) is 64.9 Å². The van der Waals surface area contributed by atoms with Gasteiger partial charge in [0.15, 0.2) is 0 Å². The number of thiophene rings is 1. The highest BCUT2D eigenvalue weighted by atomic mass is 32.1. The number of likely N-dealkylation sites (tertiary alicyclic amines) is 1. The van der Waals surface area contributed by atoms with Gasteiger partial charge in [0.1, 0.15) is 5.60 Å². The molecule has 23 heavy (non-hydrogen) atoms. The maximum Gasteiger partial charge on any atom is 0.410 e. The lowest BCUT2D eigenvalue weighted by Gasteiger charge is -2.36. The number of nitrogens with zero attached hydrogens (tertiary/aromatic N) is 2. The van der Waals surface area contributed by atoms with E-state index >= 15 is 0 Å². The van der Waals surface area contributed by atoms with E-state index in [1.54, 1.807) is 11.3 Å². The Hall–Kier alpha value is -1.07. The number of carbonyl (C=O) groups excluding carboxylic acids is 1. The molecule has 1 amide bonds. The number of ether oxygens (including phenoxy) is 1. The van der Waals surface area contributed by atoms with E-state index in [1.807, 2.05) is 25.7 Å². The monoisotopic (exact) mass is 338 g/mol. The van der Waals surface area contributed by atoms with Crippen molar-refractivity contribution in [3.63, 3.8) is 0 Å². The van der Waals surface area contributed by atoms with Gasteiger partial charge in [0.25, 0.3) is 0 Å². The largest absolute Gasteiger partial charge is 0.444 e. The van der Waals surface area contributed by atoms with Crippen molar-refractivity contribution in [3.8, 4) is 0 Å². The topological polar surface area (TPSA) is 32.8 Å². The van der Waals surface area contributed by atoms with Crippen LogP contribution >= 0.6 is 11.3 Å². The third-order valence-electron chi connectivity index (χ3n) is 4.33. The van der Waals surface area contributed by atoms with Crippen LogP contribution in [0, 0.1) is 5.92 Å². The van der Waals surface area contributed by atoms with E-state index < -0.39 is 5.60 Å². The zero-order chi connectivity index (χ0) is 17.0. The minimum atomic E-state index is -0.422. The van der Waals surface area contributed by atoms with Gasteiger partial charge in [0.05, 0.1) is 0 Å². The molecule has 0 unspecified atom stereocenters. The predicted octanol–water partition coefficient (Wildman–Crippen LogP) is 4.39. The fraction of sp³-hybridized carbons (Fsp3) is 0.722. The van der Waals surface area contributed by atoms with Gasteiger partial charge in [-0.2, -0.15) is 0 Å². The molecule has 0 aliphatic carbocycles. The summed E-state index contributed by atoms with van der Waals surface area (Å²) in [6.45, 7) is 10.6.